The summed E-state index contributed by atoms with van der Waals surface area (Å²) in [5.74, 6) is -0.237. The van der Waals surface area contributed by atoms with Crippen molar-refractivity contribution in [2.45, 2.75) is 65.3 Å². The van der Waals surface area contributed by atoms with Gasteiger partial charge < -0.3 is 10.1 Å². The van der Waals surface area contributed by atoms with Gasteiger partial charge in [0.2, 0.25) is 0 Å². The number of nitroso groups, excluding NO2 is 1. The van der Waals surface area contributed by atoms with Crippen molar-refractivity contribution in [3.63, 3.8) is 0 Å². The van der Waals surface area contributed by atoms with Crippen LogP contribution in [0.2, 0.25) is 0 Å². The molecule has 1 saturated carbocycles. The molecule has 0 unspecified atom stereocenters. The molecule has 1 aliphatic rings. The number of ether oxygens (including phenoxy) is 1. The minimum atomic E-state index is -0.468. The number of anilines is 1. The fourth-order valence-electron chi connectivity index (χ4n) is 3.18. The van der Waals surface area contributed by atoms with Crippen molar-refractivity contribution in [2.24, 2.45) is 11.1 Å². The van der Waals surface area contributed by atoms with Crippen molar-refractivity contribution < 1.29 is 9.53 Å². The van der Waals surface area contributed by atoms with Crippen molar-refractivity contribution in [3.8, 4) is 0 Å². The average Bonchev–Trinajstić information content (AvgIpc) is 2.93. The summed E-state index contributed by atoms with van der Waals surface area (Å²) >= 11 is 0. The molecule has 26 heavy (non-hydrogen) atoms. The number of pyridine rings is 1. The van der Waals surface area contributed by atoms with E-state index in [1.165, 1.54) is 0 Å². The molecule has 1 aliphatic carbocycles. The first-order chi connectivity index (χ1) is 12.3. The topological polar surface area (TPSA) is 98.5 Å². The van der Waals surface area contributed by atoms with Crippen LogP contribution in [-0.2, 0) is 22.6 Å². The zero-order valence-corrected chi connectivity index (χ0v) is 15.7. The minimum Gasteiger partial charge on any atom is -0.460 e. The molecule has 1 N–H and O–H groups in total. The number of fused-ring (bicyclic) bond motifs is 1. The van der Waals surface area contributed by atoms with Crippen LogP contribution in [0.15, 0.2) is 17.6 Å². The second-order valence-electron chi connectivity index (χ2n) is 7.69. The van der Waals surface area contributed by atoms with E-state index in [9.17, 15) is 9.70 Å². The van der Waals surface area contributed by atoms with E-state index in [1.807, 2.05) is 32.4 Å². The van der Waals surface area contributed by atoms with Crippen molar-refractivity contribution >= 4 is 22.7 Å². The molecular weight excluding hydrogens is 334 g/mol. The third-order valence-electron chi connectivity index (χ3n) is 4.51. The Balaban J connectivity index is 1.75. The molecule has 1 fully saturated rings. The zero-order chi connectivity index (χ0) is 18.9. The van der Waals surface area contributed by atoms with Gasteiger partial charge in [-0.1, -0.05) is 5.18 Å². The number of carbonyl (C=O) groups is 1. The summed E-state index contributed by atoms with van der Waals surface area (Å²) < 4.78 is 7.25. The number of esters is 1. The van der Waals surface area contributed by atoms with Gasteiger partial charge in [0.05, 0.1) is 23.2 Å². The van der Waals surface area contributed by atoms with Crippen LogP contribution >= 0.6 is 0 Å². The van der Waals surface area contributed by atoms with Crippen LogP contribution in [0.3, 0.4) is 0 Å². The largest absolute Gasteiger partial charge is 0.460 e. The summed E-state index contributed by atoms with van der Waals surface area (Å²) in [4.78, 5) is 27.3. The molecule has 2 aromatic heterocycles. The fraction of sp³-hybridized carbons (Fsp3) is 0.611. The summed E-state index contributed by atoms with van der Waals surface area (Å²) in [5, 5.41) is 11.7. The van der Waals surface area contributed by atoms with Crippen LogP contribution in [0, 0.1) is 10.8 Å². The van der Waals surface area contributed by atoms with E-state index in [2.05, 4.69) is 20.6 Å². The first kappa shape index (κ1) is 18.3. The molecule has 0 saturated heterocycles. The van der Waals surface area contributed by atoms with E-state index in [0.29, 0.717) is 19.4 Å². The predicted octanol–water partition coefficient (Wildman–Crippen LogP) is 3.25. The molecule has 0 aliphatic heterocycles. The molecular formula is C18H25N5O3. The van der Waals surface area contributed by atoms with Gasteiger partial charge in [-0.15, -0.1) is 0 Å². The zero-order valence-electron chi connectivity index (χ0n) is 15.7. The molecule has 0 amide bonds. The lowest BCUT2D eigenvalue weighted by atomic mass is 9.80. The Morgan fingerprint density at radius 2 is 2.12 bits per heavy atom. The van der Waals surface area contributed by atoms with Crippen LogP contribution in [-0.4, -0.2) is 32.4 Å². The molecule has 140 valence electrons. The maximum atomic E-state index is 12.1. The molecule has 0 bridgehead atoms. The van der Waals surface area contributed by atoms with E-state index in [4.69, 9.17) is 4.74 Å². The van der Waals surface area contributed by atoms with Crippen molar-refractivity contribution in [1.82, 2.24) is 14.8 Å². The highest BCUT2D eigenvalue weighted by atomic mass is 16.6. The van der Waals surface area contributed by atoms with Gasteiger partial charge in [-0.25, -0.2) is 9.67 Å². The van der Waals surface area contributed by atoms with E-state index in [0.717, 1.165) is 22.3 Å². The number of aromatic nitrogens is 3. The molecule has 2 heterocycles. The van der Waals surface area contributed by atoms with Gasteiger partial charge in [0.25, 0.3) is 0 Å². The minimum absolute atomic E-state index is 0.0464. The molecule has 0 aromatic carbocycles. The van der Waals surface area contributed by atoms with Gasteiger partial charge in [0.15, 0.2) is 5.65 Å². The fourth-order valence-corrected chi connectivity index (χ4v) is 3.18. The van der Waals surface area contributed by atoms with Gasteiger partial charge >= 0.3 is 5.97 Å². The molecule has 0 spiro atoms. The van der Waals surface area contributed by atoms with Crippen molar-refractivity contribution in [1.29, 1.82) is 0 Å². The number of rotatable bonds is 6. The van der Waals surface area contributed by atoms with Crippen LogP contribution in [0.5, 0.6) is 0 Å². The number of nitrogens with zero attached hydrogens (tertiary/aromatic N) is 4. The second-order valence-corrected chi connectivity index (χ2v) is 7.69. The third-order valence-corrected chi connectivity index (χ3v) is 4.51. The Kier molecular flexibility index (Phi) is 4.93. The maximum absolute atomic E-state index is 12.1. The van der Waals surface area contributed by atoms with Gasteiger partial charge in [0, 0.05) is 24.3 Å². The highest BCUT2D eigenvalue weighted by Gasteiger charge is 2.37. The normalized spacial score (nSPS) is 19.8. The Labute approximate surface area is 152 Å². The summed E-state index contributed by atoms with van der Waals surface area (Å²) in [6, 6.07) is 0.147. The SMILES string of the molecule is CCn1ncc2c(NC3CC(C(=O)OC(C)(C)C)C3)c(CN=O)cnc21. The first-order valence-electron chi connectivity index (χ1n) is 8.94. The highest BCUT2D eigenvalue weighted by Crippen LogP contribution is 2.35. The van der Waals surface area contributed by atoms with Gasteiger partial charge in [0.1, 0.15) is 12.1 Å². The Hall–Kier alpha value is -2.51. The predicted molar refractivity (Wildman–Crippen MR) is 98.7 cm³/mol. The van der Waals surface area contributed by atoms with Crippen LogP contribution < -0.4 is 5.32 Å². The summed E-state index contributed by atoms with van der Waals surface area (Å²) in [6.07, 6.45) is 4.83. The monoisotopic (exact) mass is 359 g/mol. The van der Waals surface area contributed by atoms with E-state index >= 15 is 0 Å². The maximum Gasteiger partial charge on any atom is 0.309 e. The number of aryl methyl sites for hydroxylation is 1. The van der Waals surface area contributed by atoms with Crippen LogP contribution in [0.25, 0.3) is 11.0 Å². The lowest BCUT2D eigenvalue weighted by Crippen LogP contribution is -2.42. The van der Waals surface area contributed by atoms with E-state index < -0.39 is 5.60 Å². The van der Waals surface area contributed by atoms with Crippen molar-refractivity contribution in [2.75, 3.05) is 5.32 Å². The summed E-state index contributed by atoms with van der Waals surface area (Å²) in [5.41, 5.74) is 1.88. The Bertz CT molecular complexity index is 818. The molecule has 8 nitrogen and oxygen atoms in total. The van der Waals surface area contributed by atoms with Gasteiger partial charge in [-0.2, -0.15) is 10.0 Å². The lowest BCUT2D eigenvalue weighted by Gasteiger charge is -2.36. The van der Waals surface area contributed by atoms with E-state index in [-0.39, 0.29) is 24.5 Å². The van der Waals surface area contributed by atoms with Gasteiger partial charge in [-0.05, 0) is 40.5 Å². The average molecular weight is 359 g/mol. The Morgan fingerprint density at radius 3 is 2.73 bits per heavy atom. The highest BCUT2D eigenvalue weighted by molar-refractivity contribution is 5.91. The standard InChI is InChI=1S/C18H25N5O3/c1-5-23-16-14(10-20-23)15(12(8-19-16)9-21-25)22-13-6-11(7-13)17(24)26-18(2,3)4/h8,10-11,13H,5-7,9H2,1-4H3,(H,19,22). The molecule has 2 aromatic rings. The smallest absolute Gasteiger partial charge is 0.309 e. The summed E-state index contributed by atoms with van der Waals surface area (Å²) in [7, 11) is 0. The molecule has 0 atom stereocenters. The van der Waals surface area contributed by atoms with Crippen LogP contribution in [0.1, 0.15) is 46.1 Å². The number of nitrogens with one attached hydrogen (secondary N) is 1. The second kappa shape index (κ2) is 7.01. The summed E-state index contributed by atoms with van der Waals surface area (Å²) in [6.45, 7) is 8.38. The molecule has 0 radical (unpaired) electrons. The number of carbonyl (C=O) groups excluding carboxylic acids is 1. The Morgan fingerprint density at radius 1 is 1.38 bits per heavy atom. The molecule has 3 rings (SSSR count). The number of hydrogen-bond donors (Lipinski definition) is 1. The number of hydrogen-bond acceptors (Lipinski definition) is 7. The third kappa shape index (κ3) is 3.68. The lowest BCUT2D eigenvalue weighted by molar-refractivity contribution is -0.163. The first-order valence-corrected chi connectivity index (χ1v) is 8.94. The van der Waals surface area contributed by atoms with Gasteiger partial charge in [-0.3, -0.25) is 4.79 Å². The van der Waals surface area contributed by atoms with E-state index in [1.54, 1.807) is 12.4 Å². The van der Waals surface area contributed by atoms with Crippen molar-refractivity contribution in [3.05, 3.63) is 22.9 Å². The van der Waals surface area contributed by atoms with Crippen LogP contribution in [0.4, 0.5) is 5.69 Å². The quantitative estimate of drug-likeness (QED) is 0.628. The molecule has 8 heteroatoms.